The first kappa shape index (κ1) is 27.1. The van der Waals surface area contributed by atoms with Crippen LogP contribution >= 0.6 is 0 Å². The van der Waals surface area contributed by atoms with E-state index in [0.29, 0.717) is 17.3 Å². The smallest absolute Gasteiger partial charge is 0.175 e. The summed E-state index contributed by atoms with van der Waals surface area (Å²) in [5.41, 5.74) is 5.00. The summed E-state index contributed by atoms with van der Waals surface area (Å²) in [5, 5.41) is 0. The number of piperazine rings is 1. The van der Waals surface area contributed by atoms with E-state index in [4.69, 9.17) is 4.98 Å². The van der Waals surface area contributed by atoms with Crippen molar-refractivity contribution in [2.45, 2.75) is 44.2 Å². The molecule has 0 atom stereocenters. The second-order valence-corrected chi connectivity index (χ2v) is 13.8. The Morgan fingerprint density at radius 2 is 1.50 bits per heavy atom. The minimum absolute atomic E-state index is 0.260. The quantitative estimate of drug-likeness (QED) is 0.264. The molecule has 40 heavy (non-hydrogen) atoms. The molecule has 0 N–H and O–H groups in total. The zero-order valence-corrected chi connectivity index (χ0v) is 24.3. The Hall–Kier alpha value is -3.07. The highest BCUT2D eigenvalue weighted by atomic mass is 32.2. The van der Waals surface area contributed by atoms with Crippen molar-refractivity contribution >= 4 is 20.9 Å². The molecule has 6 nitrogen and oxygen atoms in total. The van der Waals surface area contributed by atoms with E-state index in [2.05, 4.69) is 52.5 Å². The van der Waals surface area contributed by atoms with Crippen LogP contribution in [0.2, 0.25) is 0 Å². The number of halogens is 1. The molecule has 1 aliphatic heterocycles. The van der Waals surface area contributed by atoms with Crippen LogP contribution in [0.1, 0.15) is 38.3 Å². The van der Waals surface area contributed by atoms with Crippen molar-refractivity contribution in [2.24, 2.45) is 5.92 Å². The fraction of sp³-hybridized carbons (Fsp3) is 0.406. The van der Waals surface area contributed by atoms with Crippen LogP contribution in [0.4, 0.5) is 4.39 Å². The maximum absolute atomic E-state index is 15.5. The average molecular weight is 561 g/mol. The summed E-state index contributed by atoms with van der Waals surface area (Å²) in [6.07, 6.45) is 3.23. The summed E-state index contributed by atoms with van der Waals surface area (Å²) in [6, 6.07) is 19.1. The number of hydrogen-bond donors (Lipinski definition) is 0. The number of sulfone groups is 1. The normalized spacial score (nSPS) is 17.2. The molecule has 6 rings (SSSR count). The number of benzene rings is 3. The minimum atomic E-state index is -3.29. The second-order valence-electron chi connectivity index (χ2n) is 11.8. The topological polar surface area (TPSA) is 58.4 Å². The molecule has 1 aromatic heterocycles. The molecular weight excluding hydrogens is 523 g/mol. The predicted molar refractivity (Wildman–Crippen MR) is 158 cm³/mol. The monoisotopic (exact) mass is 560 g/mol. The number of aromatic nitrogens is 2. The molecule has 0 spiro atoms. The summed E-state index contributed by atoms with van der Waals surface area (Å²) in [5.74, 6) is 1.04. The SMILES string of the molecule is CC(C)CN1CCN(Cc2ccc(-c3cc(F)c4nc(-c5ccc(S(C)(=O)=O)cc5)n(C5CC5)c4c3)cc2)CC1. The average Bonchev–Trinajstić information content (AvgIpc) is 3.69. The number of nitrogens with zero attached hydrogens (tertiary/aromatic N) is 4. The number of hydrogen-bond acceptors (Lipinski definition) is 5. The van der Waals surface area contributed by atoms with E-state index in [1.54, 1.807) is 30.3 Å². The Morgan fingerprint density at radius 1 is 0.875 bits per heavy atom. The van der Waals surface area contributed by atoms with Gasteiger partial charge in [-0.25, -0.2) is 17.8 Å². The Labute approximate surface area is 236 Å². The number of imidazole rings is 1. The highest BCUT2D eigenvalue weighted by Crippen LogP contribution is 2.42. The molecule has 0 unspecified atom stereocenters. The summed E-state index contributed by atoms with van der Waals surface area (Å²) < 4.78 is 41.4. The lowest BCUT2D eigenvalue weighted by Gasteiger charge is -2.35. The lowest BCUT2D eigenvalue weighted by Crippen LogP contribution is -2.46. The largest absolute Gasteiger partial charge is 0.321 e. The Bertz CT molecular complexity index is 1620. The molecule has 210 valence electrons. The van der Waals surface area contributed by atoms with Crippen molar-refractivity contribution in [3.05, 3.63) is 72.0 Å². The second kappa shape index (κ2) is 10.7. The third kappa shape index (κ3) is 5.71. The number of fused-ring (bicyclic) bond motifs is 1. The predicted octanol–water partition coefficient (Wildman–Crippen LogP) is 6.02. The fourth-order valence-electron chi connectivity index (χ4n) is 5.78. The zero-order chi connectivity index (χ0) is 28.0. The lowest BCUT2D eigenvalue weighted by molar-refractivity contribution is 0.117. The molecule has 2 heterocycles. The molecule has 2 fully saturated rings. The van der Waals surface area contributed by atoms with E-state index >= 15 is 4.39 Å². The van der Waals surface area contributed by atoms with Crippen molar-refractivity contribution in [1.82, 2.24) is 19.4 Å². The van der Waals surface area contributed by atoms with Gasteiger partial charge in [0.25, 0.3) is 0 Å². The fourth-order valence-corrected chi connectivity index (χ4v) is 6.41. The third-order valence-corrected chi connectivity index (χ3v) is 9.11. The molecule has 1 saturated carbocycles. The van der Waals surface area contributed by atoms with E-state index in [1.807, 2.05) is 6.07 Å². The van der Waals surface area contributed by atoms with Gasteiger partial charge in [-0.05, 0) is 71.8 Å². The van der Waals surface area contributed by atoms with Crippen LogP contribution < -0.4 is 0 Å². The van der Waals surface area contributed by atoms with Crippen LogP contribution in [0.5, 0.6) is 0 Å². The molecule has 4 aromatic rings. The first-order chi connectivity index (χ1) is 19.2. The van der Waals surface area contributed by atoms with Crippen LogP contribution in [0.25, 0.3) is 33.5 Å². The van der Waals surface area contributed by atoms with Gasteiger partial charge in [0.2, 0.25) is 0 Å². The van der Waals surface area contributed by atoms with Crippen molar-refractivity contribution in [3.63, 3.8) is 0 Å². The van der Waals surface area contributed by atoms with E-state index in [-0.39, 0.29) is 16.8 Å². The van der Waals surface area contributed by atoms with Gasteiger partial charge in [-0.15, -0.1) is 0 Å². The summed E-state index contributed by atoms with van der Waals surface area (Å²) in [4.78, 5) is 10.0. The molecular formula is C32H37FN4O2S. The summed E-state index contributed by atoms with van der Waals surface area (Å²) in [7, 11) is -3.29. The van der Waals surface area contributed by atoms with Gasteiger partial charge in [0.15, 0.2) is 15.7 Å². The molecule has 8 heteroatoms. The van der Waals surface area contributed by atoms with Gasteiger partial charge < -0.3 is 9.47 Å². The molecule has 0 bridgehead atoms. The van der Waals surface area contributed by atoms with Crippen LogP contribution in [0.3, 0.4) is 0 Å². The maximum atomic E-state index is 15.5. The standard InChI is InChI=1S/C32H37FN4O2S/c1-22(2)20-35-14-16-36(17-15-35)21-23-4-6-24(7-5-23)26-18-29(33)31-30(19-26)37(27-10-11-27)32(34-31)25-8-12-28(13-9-25)40(3,38)39/h4-9,12-13,18-19,22,27H,10-11,14-17,20-21H2,1-3H3. The highest BCUT2D eigenvalue weighted by Gasteiger charge is 2.30. The molecule has 1 saturated heterocycles. The van der Waals surface area contributed by atoms with E-state index in [9.17, 15) is 8.42 Å². The minimum Gasteiger partial charge on any atom is -0.321 e. The molecule has 0 amide bonds. The van der Waals surface area contributed by atoms with Crippen molar-refractivity contribution in [3.8, 4) is 22.5 Å². The van der Waals surface area contributed by atoms with E-state index in [1.165, 1.54) is 18.4 Å². The van der Waals surface area contributed by atoms with Crippen molar-refractivity contribution in [1.29, 1.82) is 0 Å². The van der Waals surface area contributed by atoms with Crippen LogP contribution in [0.15, 0.2) is 65.6 Å². The Kier molecular flexibility index (Phi) is 7.27. The molecule has 0 radical (unpaired) electrons. The summed E-state index contributed by atoms with van der Waals surface area (Å²) in [6.45, 7) is 11.1. The van der Waals surface area contributed by atoms with E-state index in [0.717, 1.165) is 67.8 Å². The Balaban J connectivity index is 1.25. The molecule has 3 aromatic carbocycles. The van der Waals surface area contributed by atoms with Gasteiger partial charge in [0.1, 0.15) is 11.3 Å². The van der Waals surface area contributed by atoms with Crippen molar-refractivity contribution < 1.29 is 12.8 Å². The zero-order valence-electron chi connectivity index (χ0n) is 23.5. The molecule has 2 aliphatic rings. The van der Waals surface area contributed by atoms with Gasteiger partial charge >= 0.3 is 0 Å². The highest BCUT2D eigenvalue weighted by molar-refractivity contribution is 7.90. The van der Waals surface area contributed by atoms with Gasteiger partial charge in [-0.1, -0.05) is 38.1 Å². The van der Waals surface area contributed by atoms with Gasteiger partial charge in [0.05, 0.1) is 10.4 Å². The Morgan fingerprint density at radius 3 is 2.10 bits per heavy atom. The third-order valence-electron chi connectivity index (χ3n) is 7.98. The maximum Gasteiger partial charge on any atom is 0.175 e. The molecule has 1 aliphatic carbocycles. The van der Waals surface area contributed by atoms with E-state index < -0.39 is 9.84 Å². The van der Waals surface area contributed by atoms with Gasteiger partial charge in [-0.3, -0.25) is 4.90 Å². The first-order valence-electron chi connectivity index (χ1n) is 14.2. The van der Waals surface area contributed by atoms with Gasteiger partial charge in [-0.2, -0.15) is 0 Å². The van der Waals surface area contributed by atoms with Gasteiger partial charge in [0, 0.05) is 57.1 Å². The first-order valence-corrected chi connectivity index (χ1v) is 16.1. The lowest BCUT2D eigenvalue weighted by atomic mass is 10.0. The summed E-state index contributed by atoms with van der Waals surface area (Å²) >= 11 is 0. The number of rotatable bonds is 8. The van der Waals surface area contributed by atoms with Crippen LogP contribution in [0, 0.1) is 11.7 Å². The van der Waals surface area contributed by atoms with Crippen LogP contribution in [-0.4, -0.2) is 66.7 Å². The van der Waals surface area contributed by atoms with Crippen molar-refractivity contribution in [2.75, 3.05) is 39.0 Å². The van der Waals surface area contributed by atoms with Crippen LogP contribution in [-0.2, 0) is 16.4 Å².